The zero-order valence-electron chi connectivity index (χ0n) is 8.72. The van der Waals surface area contributed by atoms with Crippen LogP contribution in [0, 0.1) is 21.7 Å². The molecule has 0 radical (unpaired) electrons. The van der Waals surface area contributed by atoms with Crippen LogP contribution in [-0.4, -0.2) is 17.6 Å². The standard InChI is InChI=1S/C9H7F5N2O2/c10-5-3-6(11)8(16(17)18)7(4-5)15-2-1-9(12,13)14/h3-4,15H,1-2H2. The normalized spacial score (nSPS) is 11.4. The average Bonchev–Trinajstić information content (AvgIpc) is 2.13. The van der Waals surface area contributed by atoms with E-state index in [1.807, 2.05) is 5.32 Å². The third-order valence-corrected chi connectivity index (χ3v) is 1.93. The molecule has 0 aliphatic carbocycles. The Bertz CT molecular complexity index is 461. The molecule has 0 saturated carbocycles. The fourth-order valence-electron chi connectivity index (χ4n) is 1.23. The van der Waals surface area contributed by atoms with Gasteiger partial charge in [0.25, 0.3) is 0 Å². The molecule has 1 aromatic rings. The Morgan fingerprint density at radius 1 is 1.28 bits per heavy atom. The maximum atomic E-state index is 13.1. The molecule has 0 spiro atoms. The number of rotatable bonds is 4. The first-order valence-electron chi connectivity index (χ1n) is 4.65. The Morgan fingerprint density at radius 3 is 2.39 bits per heavy atom. The van der Waals surface area contributed by atoms with Crippen LogP contribution in [0.15, 0.2) is 12.1 Å². The summed E-state index contributed by atoms with van der Waals surface area (Å²) in [5.74, 6) is -2.57. The van der Waals surface area contributed by atoms with Gasteiger partial charge in [0.15, 0.2) is 0 Å². The number of nitro groups is 1. The van der Waals surface area contributed by atoms with Crippen LogP contribution < -0.4 is 5.32 Å². The van der Waals surface area contributed by atoms with Crippen LogP contribution in [0.2, 0.25) is 0 Å². The van der Waals surface area contributed by atoms with Crippen molar-refractivity contribution in [1.29, 1.82) is 0 Å². The van der Waals surface area contributed by atoms with Gasteiger partial charge in [0.2, 0.25) is 5.82 Å². The molecule has 0 unspecified atom stereocenters. The minimum Gasteiger partial charge on any atom is -0.379 e. The Morgan fingerprint density at radius 2 is 1.89 bits per heavy atom. The first kappa shape index (κ1) is 14.1. The van der Waals surface area contributed by atoms with Gasteiger partial charge in [-0.05, 0) is 0 Å². The van der Waals surface area contributed by atoms with Crippen molar-refractivity contribution >= 4 is 11.4 Å². The molecule has 1 aromatic carbocycles. The molecule has 0 heterocycles. The van der Waals surface area contributed by atoms with Gasteiger partial charge in [0.05, 0.1) is 11.3 Å². The van der Waals surface area contributed by atoms with Crippen molar-refractivity contribution in [3.05, 3.63) is 33.9 Å². The van der Waals surface area contributed by atoms with Crippen molar-refractivity contribution < 1.29 is 26.9 Å². The molecule has 100 valence electrons. The molecule has 1 rings (SSSR count). The molecule has 0 fully saturated rings. The highest BCUT2D eigenvalue weighted by atomic mass is 19.4. The highest BCUT2D eigenvalue weighted by molar-refractivity contribution is 5.62. The highest BCUT2D eigenvalue weighted by Gasteiger charge is 2.27. The maximum absolute atomic E-state index is 13.1. The quantitative estimate of drug-likeness (QED) is 0.519. The van der Waals surface area contributed by atoms with E-state index in [4.69, 9.17) is 0 Å². The van der Waals surface area contributed by atoms with E-state index in [9.17, 15) is 32.1 Å². The molecule has 0 atom stereocenters. The molecule has 0 aromatic heterocycles. The summed E-state index contributed by atoms with van der Waals surface area (Å²) in [4.78, 5) is 9.36. The number of hydrogen-bond acceptors (Lipinski definition) is 3. The van der Waals surface area contributed by atoms with Crippen LogP contribution in [0.3, 0.4) is 0 Å². The summed E-state index contributed by atoms with van der Waals surface area (Å²) in [6, 6.07) is 0.852. The van der Waals surface area contributed by atoms with E-state index >= 15 is 0 Å². The average molecular weight is 270 g/mol. The van der Waals surface area contributed by atoms with E-state index in [1.54, 1.807) is 0 Å². The zero-order valence-corrected chi connectivity index (χ0v) is 8.72. The van der Waals surface area contributed by atoms with Crippen LogP contribution in [0.5, 0.6) is 0 Å². The van der Waals surface area contributed by atoms with Gasteiger partial charge in [-0.15, -0.1) is 0 Å². The minimum absolute atomic E-state index is 0.285. The van der Waals surface area contributed by atoms with E-state index in [2.05, 4.69) is 0 Å². The van der Waals surface area contributed by atoms with E-state index in [0.29, 0.717) is 6.07 Å². The van der Waals surface area contributed by atoms with Gasteiger partial charge < -0.3 is 5.32 Å². The Balaban J connectivity index is 2.90. The number of hydrogen-bond donors (Lipinski definition) is 1. The molecule has 0 aliphatic rings. The molecule has 9 heteroatoms. The van der Waals surface area contributed by atoms with E-state index in [1.165, 1.54) is 0 Å². The number of nitro benzene ring substituents is 1. The number of alkyl halides is 3. The largest absolute Gasteiger partial charge is 0.390 e. The van der Waals surface area contributed by atoms with Gasteiger partial charge in [-0.1, -0.05) is 0 Å². The van der Waals surface area contributed by atoms with Gasteiger partial charge in [0.1, 0.15) is 11.5 Å². The van der Waals surface area contributed by atoms with Crippen molar-refractivity contribution in [3.8, 4) is 0 Å². The van der Waals surface area contributed by atoms with Crippen LogP contribution in [0.25, 0.3) is 0 Å². The first-order chi connectivity index (χ1) is 8.20. The number of nitrogens with one attached hydrogen (secondary N) is 1. The molecule has 0 amide bonds. The second kappa shape index (κ2) is 5.15. The Labute approximate surface area is 97.6 Å². The van der Waals surface area contributed by atoms with Crippen LogP contribution in [0.1, 0.15) is 6.42 Å². The van der Waals surface area contributed by atoms with Gasteiger partial charge in [0, 0.05) is 18.7 Å². The van der Waals surface area contributed by atoms with Crippen LogP contribution >= 0.6 is 0 Å². The lowest BCUT2D eigenvalue weighted by Crippen LogP contribution is -2.15. The Kier molecular flexibility index (Phi) is 4.04. The summed E-state index contributed by atoms with van der Waals surface area (Å²) >= 11 is 0. The number of halogens is 5. The summed E-state index contributed by atoms with van der Waals surface area (Å²) in [5, 5.41) is 12.5. The fraction of sp³-hybridized carbons (Fsp3) is 0.333. The van der Waals surface area contributed by atoms with Gasteiger partial charge >= 0.3 is 11.9 Å². The second-order valence-electron chi connectivity index (χ2n) is 3.33. The number of anilines is 1. The van der Waals surface area contributed by atoms with Crippen LogP contribution in [-0.2, 0) is 0 Å². The summed E-state index contributed by atoms with van der Waals surface area (Å²) in [7, 11) is 0. The van der Waals surface area contributed by atoms with Crippen molar-refractivity contribution in [1.82, 2.24) is 0 Å². The zero-order chi connectivity index (χ0) is 13.9. The number of benzene rings is 1. The van der Waals surface area contributed by atoms with E-state index in [-0.39, 0.29) is 6.07 Å². The van der Waals surface area contributed by atoms with E-state index < -0.39 is 47.1 Å². The predicted octanol–water partition coefficient (Wildman–Crippen LogP) is 3.24. The van der Waals surface area contributed by atoms with Gasteiger partial charge in [-0.2, -0.15) is 17.6 Å². The van der Waals surface area contributed by atoms with Crippen molar-refractivity contribution in [3.63, 3.8) is 0 Å². The fourth-order valence-corrected chi connectivity index (χ4v) is 1.23. The SMILES string of the molecule is O=[N+]([O-])c1c(F)cc(F)cc1NCCC(F)(F)F. The second-order valence-corrected chi connectivity index (χ2v) is 3.33. The lowest BCUT2D eigenvalue weighted by molar-refractivity contribution is -0.386. The summed E-state index contributed by atoms with van der Waals surface area (Å²) in [5.41, 5.74) is -1.71. The maximum Gasteiger partial charge on any atom is 0.390 e. The lowest BCUT2D eigenvalue weighted by atomic mass is 10.2. The monoisotopic (exact) mass is 270 g/mol. The van der Waals surface area contributed by atoms with Crippen molar-refractivity contribution in [2.24, 2.45) is 0 Å². The molecule has 1 N–H and O–H groups in total. The summed E-state index contributed by atoms with van der Waals surface area (Å²) < 4.78 is 61.4. The highest BCUT2D eigenvalue weighted by Crippen LogP contribution is 2.29. The minimum atomic E-state index is -4.46. The summed E-state index contributed by atoms with van der Waals surface area (Å²) in [6.45, 7) is -0.715. The first-order valence-corrected chi connectivity index (χ1v) is 4.65. The molecular weight excluding hydrogens is 263 g/mol. The molecule has 0 saturated heterocycles. The third-order valence-electron chi connectivity index (χ3n) is 1.93. The van der Waals surface area contributed by atoms with Crippen molar-refractivity contribution in [2.45, 2.75) is 12.6 Å². The third kappa shape index (κ3) is 3.82. The smallest absolute Gasteiger partial charge is 0.379 e. The lowest BCUT2D eigenvalue weighted by Gasteiger charge is -2.09. The Hall–Kier alpha value is -1.93. The number of nitrogens with zero attached hydrogens (tertiary/aromatic N) is 1. The van der Waals surface area contributed by atoms with Crippen LogP contribution in [0.4, 0.5) is 33.3 Å². The van der Waals surface area contributed by atoms with Gasteiger partial charge in [-0.3, -0.25) is 10.1 Å². The molecule has 18 heavy (non-hydrogen) atoms. The molecule has 0 bridgehead atoms. The van der Waals surface area contributed by atoms with Gasteiger partial charge in [-0.25, -0.2) is 4.39 Å². The predicted molar refractivity (Wildman–Crippen MR) is 52.2 cm³/mol. The molecule has 0 aliphatic heterocycles. The van der Waals surface area contributed by atoms with E-state index in [0.717, 1.165) is 0 Å². The summed E-state index contributed by atoms with van der Waals surface area (Å²) in [6.07, 6.45) is -5.74. The molecule has 4 nitrogen and oxygen atoms in total. The van der Waals surface area contributed by atoms with Crippen molar-refractivity contribution in [2.75, 3.05) is 11.9 Å². The molecular formula is C9H7F5N2O2. The topological polar surface area (TPSA) is 55.2 Å².